The van der Waals surface area contributed by atoms with Crippen LogP contribution in [0.2, 0.25) is 0 Å². The van der Waals surface area contributed by atoms with Gasteiger partial charge in [-0.15, -0.1) is 0 Å². The lowest BCUT2D eigenvalue weighted by Crippen LogP contribution is -2.30. The maximum Gasteiger partial charge on any atom is 0.328 e. The SMILES string of the molecule is CCC1CCCN1c1ncc(/C=C/C(=O)O)cn1. The van der Waals surface area contributed by atoms with Crippen LogP contribution in [0.25, 0.3) is 6.08 Å². The van der Waals surface area contributed by atoms with Gasteiger partial charge >= 0.3 is 5.97 Å². The van der Waals surface area contributed by atoms with Crippen molar-refractivity contribution < 1.29 is 9.90 Å². The van der Waals surface area contributed by atoms with Crippen LogP contribution in [0.5, 0.6) is 0 Å². The number of anilines is 1. The third kappa shape index (κ3) is 2.85. The summed E-state index contributed by atoms with van der Waals surface area (Å²) in [5.74, 6) is -0.225. The second-order valence-corrected chi connectivity index (χ2v) is 4.39. The Labute approximate surface area is 106 Å². The number of rotatable bonds is 4. The van der Waals surface area contributed by atoms with Gasteiger partial charge in [-0.2, -0.15) is 0 Å². The van der Waals surface area contributed by atoms with E-state index in [1.54, 1.807) is 12.4 Å². The van der Waals surface area contributed by atoms with Crippen LogP contribution < -0.4 is 4.90 Å². The number of carbonyl (C=O) groups is 1. The van der Waals surface area contributed by atoms with Crippen LogP contribution in [0.4, 0.5) is 5.95 Å². The second-order valence-electron chi connectivity index (χ2n) is 4.39. The lowest BCUT2D eigenvalue weighted by molar-refractivity contribution is -0.131. The van der Waals surface area contributed by atoms with Gasteiger partial charge in [0, 0.05) is 36.6 Å². The van der Waals surface area contributed by atoms with Crippen molar-refractivity contribution >= 4 is 18.0 Å². The lowest BCUT2D eigenvalue weighted by Gasteiger charge is -2.23. The van der Waals surface area contributed by atoms with Crippen molar-refractivity contribution in [3.63, 3.8) is 0 Å². The number of nitrogens with zero attached hydrogens (tertiary/aromatic N) is 3. The molecule has 1 atom stereocenters. The Morgan fingerprint density at radius 3 is 2.89 bits per heavy atom. The monoisotopic (exact) mass is 247 g/mol. The molecule has 1 aliphatic heterocycles. The number of aromatic nitrogens is 2. The first-order valence-electron chi connectivity index (χ1n) is 6.20. The summed E-state index contributed by atoms with van der Waals surface area (Å²) in [6.45, 7) is 3.18. The Hall–Kier alpha value is -1.91. The molecule has 1 aliphatic rings. The van der Waals surface area contributed by atoms with E-state index in [-0.39, 0.29) is 0 Å². The Morgan fingerprint density at radius 1 is 1.56 bits per heavy atom. The van der Waals surface area contributed by atoms with Gasteiger partial charge < -0.3 is 10.0 Å². The highest BCUT2D eigenvalue weighted by molar-refractivity contribution is 5.85. The molecule has 2 heterocycles. The minimum absolute atomic E-state index is 0.533. The van der Waals surface area contributed by atoms with Gasteiger partial charge in [-0.25, -0.2) is 14.8 Å². The predicted molar refractivity (Wildman–Crippen MR) is 69.4 cm³/mol. The fourth-order valence-electron chi connectivity index (χ4n) is 2.26. The average Bonchev–Trinajstić information content (AvgIpc) is 2.85. The molecule has 1 unspecified atom stereocenters. The number of aliphatic carboxylic acids is 1. The molecule has 0 aromatic carbocycles. The highest BCUT2D eigenvalue weighted by Crippen LogP contribution is 2.23. The van der Waals surface area contributed by atoms with Gasteiger partial charge in [-0.3, -0.25) is 0 Å². The van der Waals surface area contributed by atoms with E-state index in [9.17, 15) is 4.79 Å². The first-order valence-corrected chi connectivity index (χ1v) is 6.20. The molecule has 1 saturated heterocycles. The van der Waals surface area contributed by atoms with Crippen molar-refractivity contribution in [3.05, 3.63) is 24.0 Å². The fourth-order valence-corrected chi connectivity index (χ4v) is 2.26. The number of carboxylic acids is 1. The Kier molecular flexibility index (Phi) is 3.92. The minimum Gasteiger partial charge on any atom is -0.478 e. The topological polar surface area (TPSA) is 66.3 Å². The minimum atomic E-state index is -0.968. The van der Waals surface area contributed by atoms with Gasteiger partial charge in [0.2, 0.25) is 5.95 Å². The van der Waals surface area contributed by atoms with Crippen LogP contribution >= 0.6 is 0 Å². The summed E-state index contributed by atoms with van der Waals surface area (Å²) in [5.41, 5.74) is 0.702. The molecule has 2 rings (SSSR count). The van der Waals surface area contributed by atoms with Crippen molar-refractivity contribution in [1.82, 2.24) is 9.97 Å². The van der Waals surface area contributed by atoms with Gasteiger partial charge in [0.25, 0.3) is 0 Å². The van der Waals surface area contributed by atoms with Crippen molar-refractivity contribution in [2.75, 3.05) is 11.4 Å². The van der Waals surface area contributed by atoms with Gasteiger partial charge in [0.05, 0.1) is 0 Å². The molecule has 0 radical (unpaired) electrons. The molecule has 5 heteroatoms. The largest absolute Gasteiger partial charge is 0.478 e. The first-order chi connectivity index (χ1) is 8.70. The van der Waals surface area contributed by atoms with E-state index in [1.807, 2.05) is 0 Å². The molecule has 1 fully saturated rings. The number of carboxylic acid groups (broad SMARTS) is 1. The zero-order valence-electron chi connectivity index (χ0n) is 10.4. The molecule has 18 heavy (non-hydrogen) atoms. The van der Waals surface area contributed by atoms with Gasteiger partial charge in [0.1, 0.15) is 0 Å². The number of hydrogen-bond donors (Lipinski definition) is 1. The zero-order chi connectivity index (χ0) is 13.0. The lowest BCUT2D eigenvalue weighted by atomic mass is 10.2. The molecule has 0 bridgehead atoms. The van der Waals surface area contributed by atoms with Crippen LogP contribution in [0.3, 0.4) is 0 Å². The second kappa shape index (κ2) is 5.62. The smallest absolute Gasteiger partial charge is 0.328 e. The summed E-state index contributed by atoms with van der Waals surface area (Å²) < 4.78 is 0. The van der Waals surface area contributed by atoms with E-state index in [1.165, 1.54) is 18.9 Å². The summed E-state index contributed by atoms with van der Waals surface area (Å²) >= 11 is 0. The highest BCUT2D eigenvalue weighted by Gasteiger charge is 2.24. The third-order valence-corrected chi connectivity index (χ3v) is 3.18. The molecule has 1 N–H and O–H groups in total. The molecule has 0 spiro atoms. The highest BCUT2D eigenvalue weighted by atomic mass is 16.4. The van der Waals surface area contributed by atoms with Gasteiger partial charge in [0.15, 0.2) is 0 Å². The quantitative estimate of drug-likeness (QED) is 0.824. The maximum atomic E-state index is 10.4. The van der Waals surface area contributed by atoms with E-state index in [2.05, 4.69) is 21.8 Å². The van der Waals surface area contributed by atoms with Crippen molar-refractivity contribution in [3.8, 4) is 0 Å². The van der Waals surface area contributed by atoms with Crippen LogP contribution in [0.15, 0.2) is 18.5 Å². The molecule has 0 amide bonds. The molecule has 0 aliphatic carbocycles. The summed E-state index contributed by atoms with van der Waals surface area (Å²) in [7, 11) is 0. The Bertz CT molecular complexity index is 442. The van der Waals surface area contributed by atoms with Crippen molar-refractivity contribution in [2.45, 2.75) is 32.2 Å². The fraction of sp³-hybridized carbons (Fsp3) is 0.462. The predicted octanol–water partition coefficient (Wildman–Crippen LogP) is 1.95. The molecular weight excluding hydrogens is 230 g/mol. The van der Waals surface area contributed by atoms with Gasteiger partial charge in [-0.1, -0.05) is 6.92 Å². The summed E-state index contributed by atoms with van der Waals surface area (Å²) in [6.07, 6.45) is 9.38. The summed E-state index contributed by atoms with van der Waals surface area (Å²) in [4.78, 5) is 21.2. The first kappa shape index (κ1) is 12.5. The molecule has 1 aromatic heterocycles. The van der Waals surface area contributed by atoms with E-state index in [4.69, 9.17) is 5.11 Å². The summed E-state index contributed by atoms with van der Waals surface area (Å²) in [6, 6.07) is 0.533. The Morgan fingerprint density at radius 2 is 2.28 bits per heavy atom. The van der Waals surface area contributed by atoms with Crippen molar-refractivity contribution in [1.29, 1.82) is 0 Å². The Balaban J connectivity index is 2.10. The summed E-state index contributed by atoms with van der Waals surface area (Å²) in [5, 5.41) is 8.53. The van der Waals surface area contributed by atoms with Crippen LogP contribution in [0.1, 0.15) is 31.7 Å². The third-order valence-electron chi connectivity index (χ3n) is 3.18. The van der Waals surface area contributed by atoms with Gasteiger partial charge in [-0.05, 0) is 25.3 Å². The molecule has 5 nitrogen and oxygen atoms in total. The molecule has 0 saturated carbocycles. The molecule has 1 aromatic rings. The van der Waals surface area contributed by atoms with E-state index in [0.717, 1.165) is 25.0 Å². The van der Waals surface area contributed by atoms with E-state index >= 15 is 0 Å². The average molecular weight is 247 g/mol. The van der Waals surface area contributed by atoms with Crippen molar-refractivity contribution in [2.24, 2.45) is 0 Å². The van der Waals surface area contributed by atoms with E-state index < -0.39 is 5.97 Å². The molecular formula is C13H17N3O2. The normalized spacial score (nSPS) is 19.6. The van der Waals surface area contributed by atoms with Crippen LogP contribution in [-0.2, 0) is 4.79 Å². The van der Waals surface area contributed by atoms with Crippen LogP contribution in [-0.4, -0.2) is 33.6 Å². The van der Waals surface area contributed by atoms with Crippen LogP contribution in [0, 0.1) is 0 Å². The van der Waals surface area contributed by atoms with E-state index in [0.29, 0.717) is 11.6 Å². The number of hydrogen-bond acceptors (Lipinski definition) is 4. The standard InChI is InChI=1S/C13H17N3O2/c1-2-11-4-3-7-16(11)13-14-8-10(9-15-13)5-6-12(17)18/h5-6,8-9,11H,2-4,7H2,1H3,(H,17,18)/b6-5+. The maximum absolute atomic E-state index is 10.4. The zero-order valence-corrected chi connectivity index (χ0v) is 10.4. The molecule has 96 valence electrons.